The molecule has 0 bridgehead atoms. The van der Waals surface area contributed by atoms with Crippen molar-refractivity contribution in [1.29, 1.82) is 0 Å². The summed E-state index contributed by atoms with van der Waals surface area (Å²) >= 11 is 1.74. The average Bonchev–Trinajstić information content (AvgIpc) is 3.33. The molecule has 0 saturated heterocycles. The van der Waals surface area contributed by atoms with Crippen LogP contribution in [0.2, 0.25) is 0 Å². The lowest BCUT2D eigenvalue weighted by molar-refractivity contribution is 0.415. The van der Waals surface area contributed by atoms with Crippen molar-refractivity contribution in [1.82, 2.24) is 15.3 Å². The Morgan fingerprint density at radius 3 is 2.79 bits per heavy atom. The number of ether oxygens (including phenoxy) is 1. The summed E-state index contributed by atoms with van der Waals surface area (Å²) in [6, 6.07) is 12.8. The van der Waals surface area contributed by atoms with E-state index in [1.54, 1.807) is 18.4 Å². The lowest BCUT2D eigenvalue weighted by Gasteiger charge is -2.18. The van der Waals surface area contributed by atoms with Crippen LogP contribution in [0.4, 0.5) is 0 Å². The Balaban J connectivity index is 1.57. The van der Waals surface area contributed by atoms with Crippen LogP contribution in [0.5, 0.6) is 5.75 Å². The molecule has 0 saturated carbocycles. The number of aromatic amines is 1. The molecule has 0 aliphatic carbocycles. The number of nitrogens with zero attached hydrogens (tertiary/aromatic N) is 1. The maximum Gasteiger partial charge on any atom is 0.119 e. The Morgan fingerprint density at radius 1 is 1.18 bits per heavy atom. The highest BCUT2D eigenvalue weighted by molar-refractivity contribution is 7.07. The number of nitrogens with one attached hydrogen (secondary N) is 2. The third kappa shape index (κ3) is 3.96. The number of H-pyrrole nitrogens is 1. The van der Waals surface area contributed by atoms with E-state index in [1.165, 1.54) is 27.8 Å². The molecule has 0 unspecified atom stereocenters. The van der Waals surface area contributed by atoms with Crippen LogP contribution in [0.15, 0.2) is 53.4 Å². The van der Waals surface area contributed by atoms with Gasteiger partial charge in [0.25, 0.3) is 0 Å². The van der Waals surface area contributed by atoms with Crippen molar-refractivity contribution in [2.24, 2.45) is 0 Å². The number of thiophene rings is 1. The molecule has 4 aromatic rings. The van der Waals surface area contributed by atoms with Crippen LogP contribution in [-0.4, -0.2) is 17.1 Å². The molecule has 0 aliphatic heterocycles. The van der Waals surface area contributed by atoms with Crippen LogP contribution >= 0.6 is 11.3 Å². The zero-order valence-corrected chi connectivity index (χ0v) is 17.3. The number of hydrogen-bond acceptors (Lipinski definition) is 4. The quantitative estimate of drug-likeness (QED) is 0.448. The van der Waals surface area contributed by atoms with E-state index in [4.69, 9.17) is 4.74 Å². The third-order valence-electron chi connectivity index (χ3n) is 5.21. The van der Waals surface area contributed by atoms with Gasteiger partial charge in [0.2, 0.25) is 0 Å². The Morgan fingerprint density at radius 2 is 2.07 bits per heavy atom. The van der Waals surface area contributed by atoms with Gasteiger partial charge in [0.1, 0.15) is 5.75 Å². The molecule has 144 valence electrons. The standard InChI is InChI=1S/C23H25N3OS/c1-15-4-6-21(24-12-15)22(10-17-8-9-28-14-17)25-13-23-16(2)19-11-18(27-3)5-7-20(19)26-23/h4-9,11-12,14,22,25-26H,10,13H2,1-3H3/t22-/m0/s1. The maximum absolute atomic E-state index is 5.37. The van der Waals surface area contributed by atoms with Gasteiger partial charge in [-0.2, -0.15) is 11.3 Å². The van der Waals surface area contributed by atoms with E-state index < -0.39 is 0 Å². The number of benzene rings is 1. The van der Waals surface area contributed by atoms with E-state index in [-0.39, 0.29) is 6.04 Å². The molecule has 4 rings (SSSR count). The van der Waals surface area contributed by atoms with Gasteiger partial charge in [-0.05, 0) is 78.1 Å². The molecular formula is C23H25N3OS. The second-order valence-corrected chi connectivity index (χ2v) is 7.95. The Kier molecular flexibility index (Phi) is 5.46. The predicted molar refractivity (Wildman–Crippen MR) is 116 cm³/mol. The number of aromatic nitrogens is 2. The van der Waals surface area contributed by atoms with Crippen molar-refractivity contribution in [3.63, 3.8) is 0 Å². The van der Waals surface area contributed by atoms with Gasteiger partial charge in [0.05, 0.1) is 18.8 Å². The maximum atomic E-state index is 5.37. The summed E-state index contributed by atoms with van der Waals surface area (Å²) < 4.78 is 5.37. The largest absolute Gasteiger partial charge is 0.497 e. The fourth-order valence-electron chi connectivity index (χ4n) is 3.50. The van der Waals surface area contributed by atoms with E-state index in [1.807, 2.05) is 12.3 Å². The summed E-state index contributed by atoms with van der Waals surface area (Å²) in [6.45, 7) is 4.99. The average molecular weight is 392 g/mol. The zero-order chi connectivity index (χ0) is 19.5. The van der Waals surface area contributed by atoms with Gasteiger partial charge in [0, 0.05) is 29.3 Å². The minimum absolute atomic E-state index is 0.163. The second-order valence-electron chi connectivity index (χ2n) is 7.17. The summed E-state index contributed by atoms with van der Waals surface area (Å²) in [5.74, 6) is 0.883. The summed E-state index contributed by atoms with van der Waals surface area (Å²) in [7, 11) is 1.70. The van der Waals surface area contributed by atoms with Gasteiger partial charge in [-0.25, -0.2) is 0 Å². The molecule has 2 N–H and O–H groups in total. The lowest BCUT2D eigenvalue weighted by Crippen LogP contribution is -2.24. The molecule has 3 heterocycles. The van der Waals surface area contributed by atoms with Gasteiger partial charge in [-0.15, -0.1) is 0 Å². The van der Waals surface area contributed by atoms with E-state index in [2.05, 4.69) is 70.2 Å². The predicted octanol–water partition coefficient (Wildman–Crippen LogP) is 5.32. The summed E-state index contributed by atoms with van der Waals surface area (Å²) in [5.41, 5.74) is 7.19. The SMILES string of the molecule is COc1ccc2[nH]c(CN[C@@H](Cc3ccsc3)c3ccc(C)cn3)c(C)c2c1. The molecular weight excluding hydrogens is 366 g/mol. The molecule has 0 spiro atoms. The molecule has 28 heavy (non-hydrogen) atoms. The first-order valence-electron chi connectivity index (χ1n) is 9.46. The van der Waals surface area contributed by atoms with Crippen molar-refractivity contribution in [3.8, 4) is 5.75 Å². The van der Waals surface area contributed by atoms with Gasteiger partial charge >= 0.3 is 0 Å². The molecule has 1 atom stereocenters. The molecule has 0 fully saturated rings. The van der Waals surface area contributed by atoms with Crippen LogP contribution in [-0.2, 0) is 13.0 Å². The highest BCUT2D eigenvalue weighted by Crippen LogP contribution is 2.27. The highest BCUT2D eigenvalue weighted by Gasteiger charge is 2.16. The number of rotatable bonds is 7. The van der Waals surface area contributed by atoms with Crippen molar-refractivity contribution in [2.75, 3.05) is 7.11 Å². The van der Waals surface area contributed by atoms with Crippen molar-refractivity contribution < 1.29 is 4.74 Å². The van der Waals surface area contributed by atoms with Gasteiger partial charge in [-0.3, -0.25) is 4.98 Å². The normalized spacial score (nSPS) is 12.4. The molecule has 3 aromatic heterocycles. The molecule has 0 radical (unpaired) electrons. The van der Waals surface area contributed by atoms with Crippen LogP contribution in [0.25, 0.3) is 10.9 Å². The van der Waals surface area contributed by atoms with Crippen molar-refractivity contribution >= 4 is 22.2 Å². The lowest BCUT2D eigenvalue weighted by atomic mass is 10.0. The first-order chi connectivity index (χ1) is 13.6. The number of methoxy groups -OCH3 is 1. The number of pyridine rings is 1. The Hall–Kier alpha value is -2.63. The third-order valence-corrected chi connectivity index (χ3v) is 5.94. The second kappa shape index (κ2) is 8.17. The van der Waals surface area contributed by atoms with Gasteiger partial charge < -0.3 is 15.0 Å². The first kappa shape index (κ1) is 18.7. The molecule has 0 aliphatic rings. The summed E-state index contributed by atoms with van der Waals surface area (Å²) in [6.07, 6.45) is 2.87. The van der Waals surface area contributed by atoms with E-state index in [0.29, 0.717) is 0 Å². The first-order valence-corrected chi connectivity index (χ1v) is 10.4. The minimum atomic E-state index is 0.163. The van der Waals surface area contributed by atoms with E-state index in [9.17, 15) is 0 Å². The minimum Gasteiger partial charge on any atom is -0.497 e. The monoisotopic (exact) mass is 391 g/mol. The smallest absolute Gasteiger partial charge is 0.119 e. The molecule has 4 nitrogen and oxygen atoms in total. The van der Waals surface area contributed by atoms with Crippen LogP contribution < -0.4 is 10.1 Å². The van der Waals surface area contributed by atoms with Crippen LogP contribution in [0, 0.1) is 13.8 Å². The number of fused-ring (bicyclic) bond motifs is 1. The Labute approximate surface area is 169 Å². The number of aryl methyl sites for hydroxylation is 2. The van der Waals surface area contributed by atoms with Gasteiger partial charge in [-0.1, -0.05) is 6.07 Å². The molecule has 0 amide bonds. The number of hydrogen-bond donors (Lipinski definition) is 2. The van der Waals surface area contributed by atoms with E-state index in [0.717, 1.165) is 29.9 Å². The fraction of sp³-hybridized carbons (Fsp3) is 0.261. The topological polar surface area (TPSA) is 49.9 Å². The van der Waals surface area contributed by atoms with Crippen molar-refractivity contribution in [2.45, 2.75) is 32.9 Å². The summed E-state index contributed by atoms with van der Waals surface area (Å²) in [5, 5.41) is 9.27. The van der Waals surface area contributed by atoms with Crippen LogP contribution in [0.3, 0.4) is 0 Å². The molecule has 1 aromatic carbocycles. The fourth-order valence-corrected chi connectivity index (χ4v) is 4.18. The highest BCUT2D eigenvalue weighted by atomic mass is 32.1. The zero-order valence-electron chi connectivity index (χ0n) is 16.5. The summed E-state index contributed by atoms with van der Waals surface area (Å²) in [4.78, 5) is 8.23. The van der Waals surface area contributed by atoms with Crippen molar-refractivity contribution in [3.05, 3.63) is 81.4 Å². The Bertz CT molecular complexity index is 1050. The van der Waals surface area contributed by atoms with Gasteiger partial charge in [0.15, 0.2) is 0 Å². The van der Waals surface area contributed by atoms with Crippen LogP contribution in [0.1, 0.15) is 34.1 Å². The van der Waals surface area contributed by atoms with E-state index >= 15 is 0 Å². The molecule has 5 heteroatoms.